The molecule has 3 rings (SSSR count). The highest BCUT2D eigenvalue weighted by Gasteiger charge is 2.41. The lowest BCUT2D eigenvalue weighted by molar-refractivity contribution is -0.124. The Bertz CT molecular complexity index is 936. The van der Waals surface area contributed by atoms with Crippen LogP contribution in [0.3, 0.4) is 0 Å². The molecule has 1 aliphatic rings. The molecule has 29 heavy (non-hydrogen) atoms. The van der Waals surface area contributed by atoms with Crippen LogP contribution in [0.15, 0.2) is 48.5 Å². The van der Waals surface area contributed by atoms with Crippen LogP contribution < -0.4 is 25.6 Å². The predicted molar refractivity (Wildman–Crippen MR) is 107 cm³/mol. The van der Waals surface area contributed by atoms with Crippen molar-refractivity contribution in [3.05, 3.63) is 59.9 Å². The molecule has 0 saturated carbocycles. The zero-order valence-electron chi connectivity index (χ0n) is 15.8. The lowest BCUT2D eigenvalue weighted by Crippen LogP contribution is -2.46. The minimum atomic E-state index is -3.90. The van der Waals surface area contributed by atoms with Crippen molar-refractivity contribution in [1.82, 2.24) is 16.2 Å². The Labute approximate surface area is 168 Å². The molecule has 2 unspecified atom stereocenters. The third kappa shape index (κ3) is 5.43. The average Bonchev–Trinajstić information content (AvgIpc) is 3.20. The lowest BCUT2D eigenvalue weighted by Gasteiger charge is -2.19. The maximum atomic E-state index is 13.0. The van der Waals surface area contributed by atoms with E-state index >= 15 is 0 Å². The van der Waals surface area contributed by atoms with Gasteiger partial charge in [-0.15, -0.1) is 0 Å². The van der Waals surface area contributed by atoms with E-state index in [1.807, 2.05) is 6.92 Å². The minimum absolute atomic E-state index is 0.157. The molecular formula is C19H23FN4O4S. The number of hydrazine groups is 1. The van der Waals surface area contributed by atoms with Crippen LogP contribution in [0.25, 0.3) is 0 Å². The molecule has 10 heteroatoms. The van der Waals surface area contributed by atoms with Crippen LogP contribution in [0.1, 0.15) is 12.5 Å². The molecule has 4 N–H and O–H groups in total. The SMILES string of the molecule is CCOc1ccc(NS(=O)(=O)C2NNCC2C(=O)NCc2ccc(F)cc2)cc1. The van der Waals surface area contributed by atoms with Gasteiger partial charge in [0.1, 0.15) is 11.6 Å². The fourth-order valence-corrected chi connectivity index (χ4v) is 4.42. The standard InChI is InChI=1S/C19H23FN4O4S/c1-2-28-16-9-7-15(8-10-16)24-29(26,27)19-17(12-22-23-19)18(25)21-11-13-3-5-14(20)6-4-13/h3-10,17,19,22-24H,2,11-12H2,1H3,(H,21,25). The number of benzene rings is 2. The van der Waals surface area contributed by atoms with Gasteiger partial charge in [0.15, 0.2) is 5.37 Å². The van der Waals surface area contributed by atoms with Gasteiger partial charge in [-0.1, -0.05) is 12.1 Å². The van der Waals surface area contributed by atoms with Crippen LogP contribution >= 0.6 is 0 Å². The van der Waals surface area contributed by atoms with E-state index in [4.69, 9.17) is 4.74 Å². The molecule has 0 aromatic heterocycles. The molecule has 0 spiro atoms. The highest BCUT2D eigenvalue weighted by Crippen LogP contribution is 2.21. The second kappa shape index (κ2) is 9.21. The van der Waals surface area contributed by atoms with Gasteiger partial charge in [-0.25, -0.2) is 18.2 Å². The Kier molecular flexibility index (Phi) is 6.68. The molecular weight excluding hydrogens is 399 g/mol. The van der Waals surface area contributed by atoms with E-state index < -0.39 is 27.2 Å². The van der Waals surface area contributed by atoms with Crippen LogP contribution in [0.4, 0.5) is 10.1 Å². The van der Waals surface area contributed by atoms with Crippen LogP contribution in [0.5, 0.6) is 5.75 Å². The summed E-state index contributed by atoms with van der Waals surface area (Å²) in [5, 5.41) is 1.55. The van der Waals surface area contributed by atoms with Crippen LogP contribution in [0.2, 0.25) is 0 Å². The molecule has 1 fully saturated rings. The van der Waals surface area contributed by atoms with E-state index in [0.29, 0.717) is 23.6 Å². The number of carbonyl (C=O) groups excluding carboxylic acids is 1. The number of amides is 1. The first kappa shape index (κ1) is 21.0. The summed E-state index contributed by atoms with van der Waals surface area (Å²) in [6.45, 7) is 2.70. The maximum absolute atomic E-state index is 13.0. The summed E-state index contributed by atoms with van der Waals surface area (Å²) < 4.78 is 46.3. The maximum Gasteiger partial charge on any atom is 0.250 e. The zero-order valence-corrected chi connectivity index (χ0v) is 16.6. The molecule has 1 heterocycles. The van der Waals surface area contributed by atoms with Gasteiger partial charge in [-0.2, -0.15) is 0 Å². The van der Waals surface area contributed by atoms with Gasteiger partial charge in [-0.3, -0.25) is 14.9 Å². The molecule has 2 aromatic rings. The first-order valence-electron chi connectivity index (χ1n) is 9.14. The van der Waals surface area contributed by atoms with Gasteiger partial charge in [0, 0.05) is 18.8 Å². The molecule has 1 saturated heterocycles. The van der Waals surface area contributed by atoms with Crippen molar-refractivity contribution in [3.8, 4) is 5.75 Å². The highest BCUT2D eigenvalue weighted by atomic mass is 32.2. The van der Waals surface area contributed by atoms with Gasteiger partial charge >= 0.3 is 0 Å². The first-order chi connectivity index (χ1) is 13.9. The average molecular weight is 422 g/mol. The number of hydrogen-bond donors (Lipinski definition) is 4. The number of rotatable bonds is 8. The van der Waals surface area contributed by atoms with Crippen molar-refractivity contribution in [2.24, 2.45) is 5.92 Å². The van der Waals surface area contributed by atoms with E-state index in [9.17, 15) is 17.6 Å². The number of sulfonamides is 1. The van der Waals surface area contributed by atoms with Gasteiger partial charge in [0.05, 0.1) is 12.5 Å². The Morgan fingerprint density at radius 2 is 1.86 bits per heavy atom. The number of carbonyl (C=O) groups is 1. The van der Waals surface area contributed by atoms with Crippen LogP contribution in [-0.4, -0.2) is 32.9 Å². The largest absolute Gasteiger partial charge is 0.494 e. The zero-order chi connectivity index (χ0) is 20.9. The Morgan fingerprint density at radius 1 is 1.17 bits per heavy atom. The van der Waals surface area contributed by atoms with E-state index in [0.717, 1.165) is 0 Å². The highest BCUT2D eigenvalue weighted by molar-refractivity contribution is 7.93. The molecule has 8 nitrogen and oxygen atoms in total. The second-order valence-electron chi connectivity index (χ2n) is 6.50. The van der Waals surface area contributed by atoms with Gasteiger partial charge < -0.3 is 10.1 Å². The second-order valence-corrected chi connectivity index (χ2v) is 8.30. The van der Waals surface area contributed by atoms with Crippen molar-refractivity contribution in [2.75, 3.05) is 17.9 Å². The summed E-state index contributed by atoms with van der Waals surface area (Å²) in [5.41, 5.74) is 6.46. The molecule has 2 atom stereocenters. The summed E-state index contributed by atoms with van der Waals surface area (Å²) in [6, 6.07) is 12.2. The topological polar surface area (TPSA) is 109 Å². The summed E-state index contributed by atoms with van der Waals surface area (Å²) >= 11 is 0. The lowest BCUT2D eigenvalue weighted by atomic mass is 10.1. The smallest absolute Gasteiger partial charge is 0.250 e. The van der Waals surface area contributed by atoms with Crippen molar-refractivity contribution < 1.29 is 22.3 Å². The van der Waals surface area contributed by atoms with E-state index in [1.165, 1.54) is 12.1 Å². The van der Waals surface area contributed by atoms with Crippen molar-refractivity contribution in [1.29, 1.82) is 0 Å². The number of ether oxygens (including phenoxy) is 1. The Morgan fingerprint density at radius 3 is 2.52 bits per heavy atom. The molecule has 0 radical (unpaired) electrons. The third-order valence-corrected chi connectivity index (χ3v) is 6.04. The summed E-state index contributed by atoms with van der Waals surface area (Å²) in [7, 11) is -3.90. The fraction of sp³-hybridized carbons (Fsp3) is 0.316. The van der Waals surface area contributed by atoms with E-state index in [-0.39, 0.29) is 18.9 Å². The van der Waals surface area contributed by atoms with E-state index in [2.05, 4.69) is 20.9 Å². The van der Waals surface area contributed by atoms with Crippen molar-refractivity contribution >= 4 is 21.6 Å². The third-order valence-electron chi connectivity index (χ3n) is 4.41. The quantitative estimate of drug-likeness (QED) is 0.511. The summed E-state index contributed by atoms with van der Waals surface area (Å²) in [6.07, 6.45) is 0. The summed E-state index contributed by atoms with van der Waals surface area (Å²) in [5.74, 6) is -0.991. The van der Waals surface area contributed by atoms with Gasteiger partial charge in [0.25, 0.3) is 10.0 Å². The molecule has 1 aliphatic heterocycles. The monoisotopic (exact) mass is 422 g/mol. The molecule has 0 bridgehead atoms. The number of anilines is 1. The van der Waals surface area contributed by atoms with Crippen molar-refractivity contribution in [3.63, 3.8) is 0 Å². The first-order valence-corrected chi connectivity index (χ1v) is 10.7. The van der Waals surface area contributed by atoms with Gasteiger partial charge in [-0.05, 0) is 48.9 Å². The van der Waals surface area contributed by atoms with Gasteiger partial charge in [0.2, 0.25) is 5.91 Å². The Balaban J connectivity index is 1.63. The number of halogens is 1. The van der Waals surface area contributed by atoms with Crippen LogP contribution in [0, 0.1) is 11.7 Å². The summed E-state index contributed by atoms with van der Waals surface area (Å²) in [4.78, 5) is 12.5. The number of hydrogen-bond acceptors (Lipinski definition) is 6. The molecule has 0 aliphatic carbocycles. The fourth-order valence-electron chi connectivity index (χ4n) is 2.94. The minimum Gasteiger partial charge on any atom is -0.494 e. The molecule has 2 aromatic carbocycles. The Hall–Kier alpha value is -2.69. The van der Waals surface area contributed by atoms with Crippen LogP contribution in [-0.2, 0) is 21.4 Å². The predicted octanol–water partition coefficient (Wildman–Crippen LogP) is 1.33. The molecule has 156 valence electrons. The number of nitrogens with one attached hydrogen (secondary N) is 4. The normalized spacial score (nSPS) is 19.0. The van der Waals surface area contributed by atoms with E-state index in [1.54, 1.807) is 36.4 Å². The van der Waals surface area contributed by atoms with Crippen molar-refractivity contribution in [2.45, 2.75) is 18.8 Å². The molecule has 1 amide bonds.